The number of aromatic carboxylic acids is 1. The number of carbonyl (C=O) groups is 2. The van der Waals surface area contributed by atoms with Crippen molar-refractivity contribution in [2.45, 2.75) is 26.3 Å². The molecule has 2 unspecified atom stereocenters. The molecule has 26 heavy (non-hydrogen) atoms. The molecule has 2 atom stereocenters. The predicted molar refractivity (Wildman–Crippen MR) is 97.0 cm³/mol. The molecule has 3 N–H and O–H groups in total. The Balaban J connectivity index is 1.90. The van der Waals surface area contributed by atoms with Gasteiger partial charge in [0.2, 0.25) is 0 Å². The second-order valence-electron chi connectivity index (χ2n) is 6.21. The molecule has 1 aromatic carbocycles. The average molecular weight is 352 g/mol. The number of nitrogens with one attached hydrogen (secondary N) is 2. The van der Waals surface area contributed by atoms with Crippen molar-refractivity contribution in [3.63, 3.8) is 0 Å². The summed E-state index contributed by atoms with van der Waals surface area (Å²) >= 11 is 0. The third-order valence-electron chi connectivity index (χ3n) is 4.44. The first kappa shape index (κ1) is 17.6. The predicted octanol–water partition coefficient (Wildman–Crippen LogP) is 3.17. The quantitative estimate of drug-likeness (QED) is 0.631. The average Bonchev–Trinajstić information content (AvgIpc) is 3.09. The Morgan fingerprint density at radius 3 is 2.73 bits per heavy atom. The number of hydrogen-bond acceptors (Lipinski definition) is 4. The molecule has 0 spiro atoms. The Kier molecular flexibility index (Phi) is 4.97. The normalized spacial score (nSPS) is 13.3. The molecule has 2 heterocycles. The number of carboxylic acids is 1. The summed E-state index contributed by atoms with van der Waals surface area (Å²) in [5, 5.41) is 12.0. The minimum Gasteiger partial charge on any atom is -0.478 e. The van der Waals surface area contributed by atoms with Crippen molar-refractivity contribution in [3.8, 4) is 0 Å². The van der Waals surface area contributed by atoms with Gasteiger partial charge >= 0.3 is 5.97 Å². The Morgan fingerprint density at radius 2 is 2.04 bits per heavy atom. The van der Waals surface area contributed by atoms with Crippen LogP contribution in [0.15, 0.2) is 42.6 Å². The van der Waals surface area contributed by atoms with Crippen LogP contribution in [0.4, 0.5) is 0 Å². The van der Waals surface area contributed by atoms with Crippen molar-refractivity contribution in [2.75, 3.05) is 0 Å². The fourth-order valence-corrected chi connectivity index (χ4v) is 2.74. The molecule has 0 saturated heterocycles. The molecule has 7 nitrogen and oxygen atoms in total. The van der Waals surface area contributed by atoms with Gasteiger partial charge in [-0.1, -0.05) is 32.4 Å². The van der Waals surface area contributed by atoms with Gasteiger partial charge in [-0.25, -0.2) is 9.78 Å². The van der Waals surface area contributed by atoms with E-state index < -0.39 is 11.9 Å². The second-order valence-corrected chi connectivity index (χ2v) is 6.21. The van der Waals surface area contributed by atoms with Crippen molar-refractivity contribution in [1.29, 1.82) is 0 Å². The topological polar surface area (TPSA) is 108 Å². The number of carbonyl (C=O) groups excluding carboxylic acids is 1. The molecule has 134 valence electrons. The molecule has 0 aliphatic heterocycles. The van der Waals surface area contributed by atoms with Gasteiger partial charge in [-0.05, 0) is 30.2 Å². The lowest BCUT2D eigenvalue weighted by Crippen LogP contribution is -2.33. The van der Waals surface area contributed by atoms with Crippen LogP contribution >= 0.6 is 0 Å². The van der Waals surface area contributed by atoms with Crippen LogP contribution in [0, 0.1) is 5.92 Å². The zero-order valence-corrected chi connectivity index (χ0v) is 14.6. The van der Waals surface area contributed by atoms with E-state index in [2.05, 4.69) is 20.3 Å². The van der Waals surface area contributed by atoms with Crippen LogP contribution in [0.2, 0.25) is 0 Å². The van der Waals surface area contributed by atoms with E-state index in [1.165, 1.54) is 18.3 Å². The third kappa shape index (κ3) is 3.56. The molecule has 0 bridgehead atoms. The summed E-state index contributed by atoms with van der Waals surface area (Å²) in [4.78, 5) is 35.6. The number of H-pyrrole nitrogens is 1. The molecule has 7 heteroatoms. The number of rotatable bonds is 6. The summed E-state index contributed by atoms with van der Waals surface area (Å²) in [7, 11) is 0. The lowest BCUT2D eigenvalue weighted by Gasteiger charge is -2.22. The van der Waals surface area contributed by atoms with E-state index in [0.29, 0.717) is 5.82 Å². The summed E-state index contributed by atoms with van der Waals surface area (Å²) in [5.74, 6) is -0.735. The zero-order valence-electron chi connectivity index (χ0n) is 14.6. The van der Waals surface area contributed by atoms with Crippen LogP contribution in [0.5, 0.6) is 0 Å². The maximum absolute atomic E-state index is 12.6. The molecule has 2 aromatic heterocycles. The van der Waals surface area contributed by atoms with Crippen LogP contribution in [0.1, 0.15) is 53.0 Å². The summed E-state index contributed by atoms with van der Waals surface area (Å²) in [5.41, 5.74) is 1.82. The Hall–Kier alpha value is -3.22. The maximum atomic E-state index is 12.6. The second kappa shape index (κ2) is 7.35. The lowest BCUT2D eigenvalue weighted by atomic mass is 9.98. The molecule has 0 aliphatic rings. The SMILES string of the molecule is CCC(C)C(NC(=O)c1cc(C(=O)O)ccn1)c1nc2ccccc2[nH]1. The van der Waals surface area contributed by atoms with Crippen LogP contribution in [0.25, 0.3) is 11.0 Å². The number of carboxylic acid groups (broad SMARTS) is 1. The Labute approximate surface area is 150 Å². The first-order chi connectivity index (χ1) is 12.5. The number of hydrogen-bond donors (Lipinski definition) is 3. The molecule has 1 amide bonds. The highest BCUT2D eigenvalue weighted by atomic mass is 16.4. The van der Waals surface area contributed by atoms with Crippen molar-refractivity contribution < 1.29 is 14.7 Å². The van der Waals surface area contributed by atoms with E-state index in [0.717, 1.165) is 17.5 Å². The van der Waals surface area contributed by atoms with Gasteiger partial charge in [-0.2, -0.15) is 0 Å². The molecule has 0 saturated carbocycles. The van der Waals surface area contributed by atoms with Crippen molar-refractivity contribution in [2.24, 2.45) is 5.92 Å². The minimum atomic E-state index is -1.10. The van der Waals surface area contributed by atoms with Gasteiger partial charge in [0.15, 0.2) is 0 Å². The molecule has 0 fully saturated rings. The van der Waals surface area contributed by atoms with E-state index in [1.807, 2.05) is 38.1 Å². The van der Waals surface area contributed by atoms with Gasteiger partial charge in [0.25, 0.3) is 5.91 Å². The largest absolute Gasteiger partial charge is 0.478 e. The van der Waals surface area contributed by atoms with Gasteiger partial charge in [0.1, 0.15) is 11.5 Å². The molecule has 3 rings (SSSR count). The fourth-order valence-electron chi connectivity index (χ4n) is 2.74. The zero-order chi connectivity index (χ0) is 18.7. The first-order valence-corrected chi connectivity index (χ1v) is 8.44. The van der Waals surface area contributed by atoms with Gasteiger partial charge < -0.3 is 15.4 Å². The van der Waals surface area contributed by atoms with Gasteiger partial charge in [-0.3, -0.25) is 9.78 Å². The van der Waals surface area contributed by atoms with Crippen LogP contribution < -0.4 is 5.32 Å². The number of fused-ring (bicyclic) bond motifs is 1. The Morgan fingerprint density at radius 1 is 1.27 bits per heavy atom. The van der Waals surface area contributed by atoms with Crippen molar-refractivity contribution in [1.82, 2.24) is 20.3 Å². The number of benzene rings is 1. The minimum absolute atomic E-state index is 0.0222. The molecular weight excluding hydrogens is 332 g/mol. The molecule has 0 radical (unpaired) electrons. The lowest BCUT2D eigenvalue weighted by molar-refractivity contribution is 0.0696. The van der Waals surface area contributed by atoms with Gasteiger partial charge in [-0.15, -0.1) is 0 Å². The molecule has 3 aromatic rings. The third-order valence-corrected chi connectivity index (χ3v) is 4.44. The number of para-hydroxylation sites is 2. The number of aromatic amines is 1. The van der Waals surface area contributed by atoms with Gasteiger partial charge in [0.05, 0.1) is 22.6 Å². The highest BCUT2D eigenvalue weighted by Crippen LogP contribution is 2.25. The monoisotopic (exact) mass is 352 g/mol. The molecular formula is C19H20N4O3. The highest BCUT2D eigenvalue weighted by molar-refractivity contribution is 5.96. The fraction of sp³-hybridized carbons (Fsp3) is 0.263. The summed E-state index contributed by atoms with van der Waals surface area (Å²) in [6.07, 6.45) is 2.16. The van der Waals surface area contributed by atoms with E-state index >= 15 is 0 Å². The van der Waals surface area contributed by atoms with Crippen LogP contribution in [0.3, 0.4) is 0 Å². The maximum Gasteiger partial charge on any atom is 0.335 e. The smallest absolute Gasteiger partial charge is 0.335 e. The number of pyridine rings is 1. The summed E-state index contributed by atoms with van der Waals surface area (Å²) < 4.78 is 0. The standard InChI is InChI=1S/C19H20N4O3/c1-3-11(2)16(17-21-13-6-4-5-7-14(13)22-17)23-18(24)15-10-12(19(25)26)8-9-20-15/h4-11,16H,3H2,1-2H3,(H,21,22)(H,23,24)(H,25,26). The summed E-state index contributed by atoms with van der Waals surface area (Å²) in [6.45, 7) is 4.06. The molecule has 0 aliphatic carbocycles. The van der Waals surface area contributed by atoms with Crippen LogP contribution in [-0.4, -0.2) is 31.9 Å². The van der Waals surface area contributed by atoms with Crippen LogP contribution in [-0.2, 0) is 0 Å². The number of nitrogens with zero attached hydrogens (tertiary/aromatic N) is 2. The van der Waals surface area contributed by atoms with E-state index in [4.69, 9.17) is 5.11 Å². The number of imidazole rings is 1. The van der Waals surface area contributed by atoms with Gasteiger partial charge in [0, 0.05) is 6.20 Å². The number of amides is 1. The highest BCUT2D eigenvalue weighted by Gasteiger charge is 2.25. The summed E-state index contributed by atoms with van der Waals surface area (Å²) in [6, 6.07) is 9.94. The van der Waals surface area contributed by atoms with Crippen molar-refractivity contribution in [3.05, 3.63) is 59.7 Å². The first-order valence-electron chi connectivity index (χ1n) is 8.44. The van der Waals surface area contributed by atoms with Crippen molar-refractivity contribution >= 4 is 22.9 Å². The number of aromatic nitrogens is 3. The van der Waals surface area contributed by atoms with E-state index in [1.54, 1.807) is 0 Å². The Bertz CT molecular complexity index is 918. The van der Waals surface area contributed by atoms with E-state index in [-0.39, 0.29) is 23.2 Å². The van der Waals surface area contributed by atoms with E-state index in [9.17, 15) is 9.59 Å².